The number of carboxylic acid groups (broad SMARTS) is 1. The molecule has 2 fully saturated rings. The van der Waals surface area contributed by atoms with Crippen molar-refractivity contribution in [3.63, 3.8) is 0 Å². The lowest BCUT2D eigenvalue weighted by Gasteiger charge is -2.23. The number of hydrogen-bond acceptors (Lipinski definition) is 3. The molecule has 3 amide bonds. The molecule has 0 saturated heterocycles. The maximum Gasteiger partial charge on any atom is 0.314 e. The summed E-state index contributed by atoms with van der Waals surface area (Å²) in [6, 6.07) is -0.0918. The monoisotopic (exact) mass is 297 g/mol. The molecule has 0 heterocycles. The maximum absolute atomic E-state index is 11.6. The second kappa shape index (κ2) is 6.78. The smallest absolute Gasteiger partial charge is 0.314 e. The average Bonchev–Trinajstić information content (AvgIpc) is 3.10. The minimum Gasteiger partial charge on any atom is -0.481 e. The summed E-state index contributed by atoms with van der Waals surface area (Å²) in [5.74, 6) is -0.903. The van der Waals surface area contributed by atoms with Crippen LogP contribution in [0, 0.1) is 5.41 Å². The van der Waals surface area contributed by atoms with E-state index in [2.05, 4.69) is 16.0 Å². The number of carboxylic acids is 1. The van der Waals surface area contributed by atoms with E-state index in [1.807, 2.05) is 0 Å². The van der Waals surface area contributed by atoms with Crippen molar-refractivity contribution in [1.29, 1.82) is 0 Å². The first-order valence-corrected chi connectivity index (χ1v) is 7.56. The number of carbonyl (C=O) groups excluding carboxylic acids is 2. The highest BCUT2D eigenvalue weighted by molar-refractivity contribution is 5.80. The van der Waals surface area contributed by atoms with Crippen LogP contribution in [0.4, 0.5) is 4.79 Å². The van der Waals surface area contributed by atoms with Crippen molar-refractivity contribution in [3.8, 4) is 0 Å². The zero-order valence-corrected chi connectivity index (χ0v) is 12.1. The quantitative estimate of drug-likeness (QED) is 0.552. The first kappa shape index (κ1) is 15.6. The lowest BCUT2D eigenvalue weighted by Crippen LogP contribution is -2.45. The molecular weight excluding hydrogens is 274 g/mol. The highest BCUT2D eigenvalue weighted by Crippen LogP contribution is 2.37. The SMILES string of the molecule is O=C(CCNC(=O)NCC1(C(=O)O)CCCC1)NC1CC1. The molecule has 0 radical (unpaired) electrons. The van der Waals surface area contributed by atoms with Crippen molar-refractivity contribution in [1.82, 2.24) is 16.0 Å². The molecular formula is C14H23N3O4. The Morgan fingerprint density at radius 1 is 1.10 bits per heavy atom. The molecule has 7 heteroatoms. The van der Waals surface area contributed by atoms with Gasteiger partial charge >= 0.3 is 12.0 Å². The number of rotatable bonds is 7. The van der Waals surface area contributed by atoms with Gasteiger partial charge in [-0.2, -0.15) is 0 Å². The van der Waals surface area contributed by atoms with Gasteiger partial charge in [-0.05, 0) is 25.7 Å². The minimum absolute atomic E-state index is 0.0596. The molecule has 0 spiro atoms. The third-order valence-corrected chi connectivity index (χ3v) is 4.18. The highest BCUT2D eigenvalue weighted by Gasteiger charge is 2.41. The molecule has 21 heavy (non-hydrogen) atoms. The highest BCUT2D eigenvalue weighted by atomic mass is 16.4. The zero-order chi connectivity index (χ0) is 15.3. The van der Waals surface area contributed by atoms with E-state index in [-0.39, 0.29) is 25.4 Å². The summed E-state index contributed by atoms with van der Waals surface area (Å²) in [5.41, 5.74) is -0.819. The fraction of sp³-hybridized carbons (Fsp3) is 0.786. The van der Waals surface area contributed by atoms with Gasteiger partial charge in [-0.25, -0.2) is 4.79 Å². The summed E-state index contributed by atoms with van der Waals surface area (Å²) in [4.78, 5) is 34.4. The van der Waals surface area contributed by atoms with Gasteiger partial charge in [-0.15, -0.1) is 0 Å². The van der Waals surface area contributed by atoms with E-state index in [0.29, 0.717) is 18.9 Å². The summed E-state index contributed by atoms with van der Waals surface area (Å²) in [5, 5.41) is 17.3. The lowest BCUT2D eigenvalue weighted by molar-refractivity contribution is -0.148. The van der Waals surface area contributed by atoms with Gasteiger partial charge in [-0.1, -0.05) is 12.8 Å². The van der Waals surface area contributed by atoms with E-state index in [1.165, 1.54) is 0 Å². The van der Waals surface area contributed by atoms with E-state index in [4.69, 9.17) is 0 Å². The van der Waals surface area contributed by atoms with Crippen LogP contribution in [0.2, 0.25) is 0 Å². The Kier molecular flexibility index (Phi) is 5.03. The molecule has 2 aliphatic carbocycles. The van der Waals surface area contributed by atoms with Crippen LogP contribution in [-0.4, -0.2) is 42.1 Å². The average molecular weight is 297 g/mol. The fourth-order valence-electron chi connectivity index (χ4n) is 2.65. The third-order valence-electron chi connectivity index (χ3n) is 4.18. The predicted octanol–water partition coefficient (Wildman–Crippen LogP) is 0.599. The van der Waals surface area contributed by atoms with Gasteiger partial charge in [-0.3, -0.25) is 9.59 Å². The summed E-state index contributed by atoms with van der Waals surface area (Å²) < 4.78 is 0. The molecule has 2 rings (SSSR count). The Labute approximate surface area is 123 Å². The Morgan fingerprint density at radius 2 is 1.76 bits per heavy atom. The number of amides is 3. The molecule has 4 N–H and O–H groups in total. The molecule has 0 unspecified atom stereocenters. The van der Waals surface area contributed by atoms with Gasteiger partial charge in [0.25, 0.3) is 0 Å². The van der Waals surface area contributed by atoms with E-state index >= 15 is 0 Å². The molecule has 7 nitrogen and oxygen atoms in total. The Balaban J connectivity index is 1.62. The standard InChI is InChI=1S/C14H23N3O4/c18-11(17-10-3-4-10)5-8-15-13(21)16-9-14(12(19)20)6-1-2-7-14/h10H,1-9H2,(H,17,18)(H,19,20)(H2,15,16,21). The number of urea groups is 1. The van der Waals surface area contributed by atoms with Gasteiger partial charge < -0.3 is 21.1 Å². The first-order valence-electron chi connectivity index (χ1n) is 7.56. The molecule has 2 aliphatic rings. The largest absolute Gasteiger partial charge is 0.481 e. The van der Waals surface area contributed by atoms with Gasteiger partial charge in [0, 0.05) is 25.6 Å². The van der Waals surface area contributed by atoms with Gasteiger partial charge in [0.1, 0.15) is 0 Å². The van der Waals surface area contributed by atoms with Crippen molar-refractivity contribution in [2.24, 2.45) is 5.41 Å². The van der Waals surface area contributed by atoms with Crippen molar-refractivity contribution < 1.29 is 19.5 Å². The molecule has 0 bridgehead atoms. The van der Waals surface area contributed by atoms with Crippen LogP contribution in [0.25, 0.3) is 0 Å². The van der Waals surface area contributed by atoms with Crippen LogP contribution in [0.5, 0.6) is 0 Å². The van der Waals surface area contributed by atoms with E-state index in [9.17, 15) is 19.5 Å². The van der Waals surface area contributed by atoms with Crippen LogP contribution >= 0.6 is 0 Å². The second-order valence-corrected chi connectivity index (χ2v) is 5.99. The van der Waals surface area contributed by atoms with Crippen molar-refractivity contribution >= 4 is 17.9 Å². The van der Waals surface area contributed by atoms with Crippen LogP contribution in [0.3, 0.4) is 0 Å². The third kappa shape index (κ3) is 4.61. The molecule has 118 valence electrons. The summed E-state index contributed by atoms with van der Waals surface area (Å²) in [6.45, 7) is 0.396. The van der Waals surface area contributed by atoms with E-state index in [1.54, 1.807) is 0 Å². The normalized spacial score (nSPS) is 19.8. The van der Waals surface area contributed by atoms with Crippen molar-refractivity contribution in [3.05, 3.63) is 0 Å². The van der Waals surface area contributed by atoms with Crippen molar-refractivity contribution in [2.45, 2.75) is 51.0 Å². The van der Waals surface area contributed by atoms with E-state index < -0.39 is 17.4 Å². The van der Waals surface area contributed by atoms with E-state index in [0.717, 1.165) is 25.7 Å². The van der Waals surface area contributed by atoms with Gasteiger partial charge in [0.15, 0.2) is 0 Å². The van der Waals surface area contributed by atoms with Crippen LogP contribution < -0.4 is 16.0 Å². The molecule has 2 saturated carbocycles. The molecule has 0 aliphatic heterocycles. The second-order valence-electron chi connectivity index (χ2n) is 5.99. The first-order chi connectivity index (χ1) is 10.0. The molecule has 0 atom stereocenters. The number of nitrogens with one attached hydrogen (secondary N) is 3. The topological polar surface area (TPSA) is 108 Å². The van der Waals surface area contributed by atoms with Gasteiger partial charge in [0.05, 0.1) is 5.41 Å². The zero-order valence-electron chi connectivity index (χ0n) is 12.1. The molecule has 0 aromatic carbocycles. The molecule has 0 aromatic rings. The number of aliphatic carboxylic acids is 1. The fourth-order valence-corrected chi connectivity index (χ4v) is 2.65. The maximum atomic E-state index is 11.6. The van der Waals surface area contributed by atoms with Crippen LogP contribution in [-0.2, 0) is 9.59 Å². The summed E-state index contributed by atoms with van der Waals surface area (Å²) in [7, 11) is 0. The van der Waals surface area contributed by atoms with Crippen molar-refractivity contribution in [2.75, 3.05) is 13.1 Å². The summed E-state index contributed by atoms with van der Waals surface area (Å²) in [6.07, 6.45) is 5.30. The predicted molar refractivity (Wildman–Crippen MR) is 75.7 cm³/mol. The lowest BCUT2D eigenvalue weighted by atomic mass is 9.86. The number of hydrogen-bond donors (Lipinski definition) is 4. The van der Waals surface area contributed by atoms with Crippen LogP contribution in [0.1, 0.15) is 44.9 Å². The Bertz CT molecular complexity index is 414. The van der Waals surface area contributed by atoms with Crippen LogP contribution in [0.15, 0.2) is 0 Å². The Hall–Kier alpha value is -1.79. The Morgan fingerprint density at radius 3 is 2.33 bits per heavy atom. The number of carbonyl (C=O) groups is 3. The minimum atomic E-state index is -0.843. The van der Waals surface area contributed by atoms with Gasteiger partial charge in [0.2, 0.25) is 5.91 Å². The molecule has 0 aromatic heterocycles. The summed E-state index contributed by atoms with van der Waals surface area (Å²) >= 11 is 0.